The summed E-state index contributed by atoms with van der Waals surface area (Å²) < 4.78 is 12.1. The number of rotatable bonds is 7. The molecule has 0 aliphatic carbocycles. The molecule has 0 aliphatic heterocycles. The van der Waals surface area contributed by atoms with E-state index in [2.05, 4.69) is 45.5 Å². The van der Waals surface area contributed by atoms with Gasteiger partial charge in [0.25, 0.3) is 11.4 Å². The zero-order valence-electron chi connectivity index (χ0n) is 17.4. The second-order valence-electron chi connectivity index (χ2n) is 6.68. The van der Waals surface area contributed by atoms with Crippen molar-refractivity contribution in [3.8, 4) is 5.69 Å². The van der Waals surface area contributed by atoms with Crippen LogP contribution in [0, 0.1) is 6.92 Å². The maximum absolute atomic E-state index is 13.0. The number of benzene rings is 1. The van der Waals surface area contributed by atoms with E-state index in [0.29, 0.717) is 11.4 Å². The van der Waals surface area contributed by atoms with Crippen molar-refractivity contribution in [1.82, 2.24) is 30.0 Å². The number of para-hydroxylation sites is 1. The lowest BCUT2D eigenvalue weighted by atomic mass is 10.3. The zero-order chi connectivity index (χ0) is 23.5. The molecule has 0 fully saturated rings. The molecular formula is C17H18N12O4. The van der Waals surface area contributed by atoms with E-state index in [1.54, 1.807) is 42.9 Å². The van der Waals surface area contributed by atoms with Gasteiger partial charge >= 0.3 is 0 Å². The number of hydrogen-bond acceptors (Lipinski definition) is 12. The van der Waals surface area contributed by atoms with Gasteiger partial charge in [-0.25, -0.2) is 18.9 Å². The summed E-state index contributed by atoms with van der Waals surface area (Å²) in [4.78, 5) is 25.8. The highest BCUT2D eigenvalue weighted by atomic mass is 16.6. The summed E-state index contributed by atoms with van der Waals surface area (Å²) in [5.41, 5.74) is 12.1. The Morgan fingerprint density at radius 1 is 1.12 bits per heavy atom. The van der Waals surface area contributed by atoms with Gasteiger partial charge in [0.1, 0.15) is 12.2 Å². The third-order valence-corrected chi connectivity index (χ3v) is 4.60. The van der Waals surface area contributed by atoms with E-state index in [4.69, 9.17) is 11.5 Å². The molecule has 170 valence electrons. The Balaban J connectivity index is 1.60. The fourth-order valence-electron chi connectivity index (χ4n) is 2.90. The molecular weight excluding hydrogens is 436 g/mol. The zero-order valence-corrected chi connectivity index (χ0v) is 17.4. The minimum absolute atomic E-state index is 0.0876. The summed E-state index contributed by atoms with van der Waals surface area (Å²) >= 11 is 0. The summed E-state index contributed by atoms with van der Waals surface area (Å²) in [5.74, 6) is -1.09. The Bertz CT molecular complexity index is 1370. The molecule has 0 atom stereocenters. The monoisotopic (exact) mass is 454 g/mol. The highest BCUT2D eigenvalue weighted by molar-refractivity contribution is 5.94. The molecule has 5 N–H and O–H groups in total. The SMILES string of the molecule is Cc1c(NC(=O)CN(N=Nc2nonc2N)c2nonc2N)c(=O)n(-c2ccccc2)n1C. The number of nitrogens with zero attached hydrogens (tertiary/aromatic N) is 9. The lowest BCUT2D eigenvalue weighted by Crippen LogP contribution is -2.31. The van der Waals surface area contributed by atoms with Crippen molar-refractivity contribution in [3.63, 3.8) is 0 Å². The Kier molecular flexibility index (Phi) is 5.54. The Morgan fingerprint density at radius 3 is 2.45 bits per heavy atom. The molecule has 1 aromatic carbocycles. The van der Waals surface area contributed by atoms with Gasteiger partial charge in [0, 0.05) is 7.05 Å². The third kappa shape index (κ3) is 4.11. The number of nitrogens with two attached hydrogens (primary N) is 2. The van der Waals surface area contributed by atoms with Crippen LogP contribution < -0.4 is 27.4 Å². The smallest absolute Gasteiger partial charge is 0.295 e. The van der Waals surface area contributed by atoms with Gasteiger partial charge in [0.15, 0.2) is 0 Å². The first-order chi connectivity index (χ1) is 15.9. The van der Waals surface area contributed by atoms with E-state index in [9.17, 15) is 9.59 Å². The summed E-state index contributed by atoms with van der Waals surface area (Å²) in [6.45, 7) is 1.25. The van der Waals surface area contributed by atoms with Crippen LogP contribution in [0.25, 0.3) is 5.69 Å². The molecule has 0 radical (unpaired) electrons. The van der Waals surface area contributed by atoms with Crippen molar-refractivity contribution in [2.24, 2.45) is 17.4 Å². The van der Waals surface area contributed by atoms with Crippen LogP contribution in [0.5, 0.6) is 0 Å². The number of hydrogen-bond donors (Lipinski definition) is 3. The van der Waals surface area contributed by atoms with E-state index >= 15 is 0 Å². The van der Waals surface area contributed by atoms with E-state index in [0.717, 1.165) is 5.01 Å². The largest absolute Gasteiger partial charge is 0.378 e. The third-order valence-electron chi connectivity index (χ3n) is 4.60. The second kappa shape index (κ2) is 8.61. The number of nitrogen functional groups attached to an aromatic ring is 2. The fraction of sp³-hybridized carbons (Fsp3) is 0.176. The van der Waals surface area contributed by atoms with E-state index in [1.165, 1.54) is 4.68 Å². The van der Waals surface area contributed by atoms with Gasteiger partial charge in [-0.05, 0) is 39.7 Å². The minimum atomic E-state index is -0.617. The lowest BCUT2D eigenvalue weighted by Gasteiger charge is -2.13. The average Bonchev–Trinajstić information content (AvgIpc) is 3.47. The molecule has 33 heavy (non-hydrogen) atoms. The Labute approximate surface area is 184 Å². The van der Waals surface area contributed by atoms with E-state index in [1.807, 2.05) is 6.07 Å². The quantitative estimate of drug-likeness (QED) is 0.259. The molecule has 0 bridgehead atoms. The van der Waals surface area contributed by atoms with Gasteiger partial charge in [-0.3, -0.25) is 14.3 Å². The second-order valence-corrected chi connectivity index (χ2v) is 6.68. The summed E-state index contributed by atoms with van der Waals surface area (Å²) in [5, 5.41) is 25.1. The maximum atomic E-state index is 13.0. The van der Waals surface area contributed by atoms with Crippen molar-refractivity contribution in [1.29, 1.82) is 0 Å². The van der Waals surface area contributed by atoms with Crippen LogP contribution in [0.15, 0.2) is 54.7 Å². The number of nitrogens with one attached hydrogen (secondary N) is 1. The Hall–Kier alpha value is -5.02. The van der Waals surface area contributed by atoms with Crippen LogP contribution in [0.3, 0.4) is 0 Å². The number of aromatic nitrogens is 6. The van der Waals surface area contributed by atoms with Crippen LogP contribution in [0.1, 0.15) is 5.69 Å². The molecule has 3 heterocycles. The molecule has 0 saturated heterocycles. The molecule has 1 amide bonds. The highest BCUT2D eigenvalue weighted by Gasteiger charge is 2.23. The lowest BCUT2D eigenvalue weighted by molar-refractivity contribution is -0.115. The van der Waals surface area contributed by atoms with Gasteiger partial charge in [-0.15, -0.1) is 5.11 Å². The van der Waals surface area contributed by atoms with Gasteiger partial charge < -0.3 is 16.8 Å². The predicted molar refractivity (Wildman–Crippen MR) is 114 cm³/mol. The molecule has 4 aromatic rings. The summed E-state index contributed by atoms with van der Waals surface area (Å²) in [6, 6.07) is 9.00. The van der Waals surface area contributed by atoms with Crippen molar-refractivity contribution in [2.75, 3.05) is 28.3 Å². The Morgan fingerprint density at radius 2 is 1.82 bits per heavy atom. The molecule has 3 aromatic heterocycles. The molecule has 0 saturated carbocycles. The van der Waals surface area contributed by atoms with Gasteiger partial charge in [0.05, 0.1) is 11.4 Å². The number of carbonyl (C=O) groups is 1. The van der Waals surface area contributed by atoms with E-state index in [-0.39, 0.29) is 29.0 Å². The van der Waals surface area contributed by atoms with Gasteiger partial charge in [-0.2, -0.15) is 0 Å². The maximum Gasteiger partial charge on any atom is 0.295 e. The number of carbonyl (C=O) groups excluding carboxylic acids is 1. The topological polar surface area (TPSA) is 214 Å². The van der Waals surface area contributed by atoms with Crippen molar-refractivity contribution in [3.05, 3.63) is 46.4 Å². The molecule has 16 nitrogen and oxygen atoms in total. The minimum Gasteiger partial charge on any atom is -0.378 e. The van der Waals surface area contributed by atoms with Crippen LogP contribution in [-0.4, -0.2) is 42.4 Å². The normalized spacial score (nSPS) is 11.2. The fourth-order valence-corrected chi connectivity index (χ4v) is 2.90. The van der Waals surface area contributed by atoms with Crippen molar-refractivity contribution >= 4 is 34.9 Å². The van der Waals surface area contributed by atoms with Crippen LogP contribution in [-0.2, 0) is 11.8 Å². The molecule has 0 spiro atoms. The average molecular weight is 454 g/mol. The van der Waals surface area contributed by atoms with Crippen LogP contribution >= 0.6 is 0 Å². The first-order valence-corrected chi connectivity index (χ1v) is 9.36. The summed E-state index contributed by atoms with van der Waals surface area (Å²) in [6.07, 6.45) is 0. The number of amides is 1. The first-order valence-electron chi connectivity index (χ1n) is 9.36. The predicted octanol–water partition coefficient (Wildman–Crippen LogP) is 0.559. The summed E-state index contributed by atoms with van der Waals surface area (Å²) in [7, 11) is 1.71. The van der Waals surface area contributed by atoms with Gasteiger partial charge in [0.2, 0.25) is 23.4 Å². The van der Waals surface area contributed by atoms with Crippen LogP contribution in [0.4, 0.5) is 29.0 Å². The molecule has 16 heteroatoms. The van der Waals surface area contributed by atoms with E-state index < -0.39 is 18.0 Å². The highest BCUT2D eigenvalue weighted by Crippen LogP contribution is 2.22. The number of anilines is 4. The van der Waals surface area contributed by atoms with Crippen molar-refractivity contribution in [2.45, 2.75) is 6.92 Å². The molecule has 0 unspecified atom stereocenters. The van der Waals surface area contributed by atoms with Crippen LogP contribution in [0.2, 0.25) is 0 Å². The van der Waals surface area contributed by atoms with Crippen molar-refractivity contribution < 1.29 is 14.1 Å². The molecule has 4 rings (SSSR count). The first kappa shape index (κ1) is 21.2. The molecule has 0 aliphatic rings. The van der Waals surface area contributed by atoms with Gasteiger partial charge in [-0.1, -0.05) is 23.4 Å². The standard InChI is InChI=1S/C17H18N12O4/c1-9-12(17(31)29(27(9)2)10-6-4-3-5-7-10)20-11(30)8-28(16-14(19)23-33-25-16)26-21-15-13(18)22-32-24-15/h3-7H,8H2,1-2H3,(H2,18,22)(H2,19,23)(H,20,30).